The summed E-state index contributed by atoms with van der Waals surface area (Å²) in [6, 6.07) is 0. The summed E-state index contributed by atoms with van der Waals surface area (Å²) in [6.45, 7) is 13.6. The number of hydrogen-bond acceptors (Lipinski definition) is 12. The highest BCUT2D eigenvalue weighted by molar-refractivity contribution is 5.97. The molecule has 0 aromatic rings. The first-order valence-corrected chi connectivity index (χ1v) is 17.7. The van der Waals surface area contributed by atoms with E-state index in [1.54, 1.807) is 13.8 Å². The number of rotatable bonds is 8. The molecule has 5 aliphatic rings. The Labute approximate surface area is 289 Å². The fourth-order valence-electron chi connectivity index (χ4n) is 10.8. The number of aliphatic hydroxyl groups excluding tert-OH is 6. The molecule has 0 aromatic heterocycles. The second kappa shape index (κ2) is 13.0. The van der Waals surface area contributed by atoms with E-state index in [4.69, 9.17) is 14.2 Å². The van der Waals surface area contributed by atoms with Crippen LogP contribution in [0.3, 0.4) is 0 Å². The zero-order valence-corrected chi connectivity index (χ0v) is 30.1. The molecule has 0 bridgehead atoms. The van der Waals surface area contributed by atoms with Crippen molar-refractivity contribution >= 4 is 11.8 Å². The number of carbonyl (C=O) groups excluding carboxylic acids is 2. The van der Waals surface area contributed by atoms with Gasteiger partial charge in [0.2, 0.25) is 0 Å². The number of aliphatic hydroxyl groups is 7. The maximum atomic E-state index is 13.6. The predicted molar refractivity (Wildman–Crippen MR) is 176 cm³/mol. The van der Waals surface area contributed by atoms with Crippen LogP contribution < -0.4 is 0 Å². The predicted octanol–water partition coefficient (Wildman–Crippen LogP) is 1.55. The molecular weight excluding hydrogens is 636 g/mol. The van der Waals surface area contributed by atoms with Gasteiger partial charge in [-0.2, -0.15) is 0 Å². The lowest BCUT2D eigenvalue weighted by atomic mass is 9.43. The second-order valence-corrected chi connectivity index (χ2v) is 17.2. The Bertz CT molecular complexity index is 1340. The molecule has 12 heteroatoms. The minimum atomic E-state index is -1.89. The summed E-state index contributed by atoms with van der Waals surface area (Å²) in [5, 5.41) is 76.1. The Morgan fingerprint density at radius 3 is 2.29 bits per heavy atom. The van der Waals surface area contributed by atoms with Gasteiger partial charge in [-0.25, -0.2) is 0 Å². The van der Waals surface area contributed by atoms with Gasteiger partial charge in [0, 0.05) is 18.3 Å². The number of carbonyl (C=O) groups is 2. The van der Waals surface area contributed by atoms with Gasteiger partial charge in [0.1, 0.15) is 35.6 Å². The molecule has 4 aliphatic carbocycles. The van der Waals surface area contributed by atoms with Crippen molar-refractivity contribution in [3.63, 3.8) is 0 Å². The van der Waals surface area contributed by atoms with Crippen molar-refractivity contribution in [1.29, 1.82) is 0 Å². The average Bonchev–Trinajstić information content (AvgIpc) is 3.22. The summed E-state index contributed by atoms with van der Waals surface area (Å²) in [7, 11) is 0. The lowest BCUT2D eigenvalue weighted by Crippen LogP contribution is -2.62. The van der Waals surface area contributed by atoms with Crippen molar-refractivity contribution in [2.45, 2.75) is 148 Å². The summed E-state index contributed by atoms with van der Waals surface area (Å²) in [4.78, 5) is 25.1. The number of ether oxygens (including phenoxy) is 3. The normalized spacial score (nSPS) is 46.2. The van der Waals surface area contributed by atoms with Gasteiger partial charge < -0.3 is 50.0 Å². The summed E-state index contributed by atoms with van der Waals surface area (Å²) < 4.78 is 17.1. The molecule has 278 valence electrons. The molecule has 3 saturated carbocycles. The van der Waals surface area contributed by atoms with E-state index in [0.717, 1.165) is 12.0 Å². The standard InChI is InChI=1S/C37H58O12/c1-18(39)49-33(2,3)13-12-26(41)37(8,46)30-23(40)16-36(7)22-10-9-21-20(19(22)11-14-35(30,36)6)15-24(31(45)34(21,4)5)47-32-29(44)28(43)27(42)25(17-38)48-32/h9,12-13,19-20,22-25,27-32,38,40,42-46H,10-11,14-17H2,1-8H3/b13-12+/t19-,20+,22-,23-,24+,25-,27-,28+,29-,30+,31+,32-,35-,36+,37+/m1/s1. The highest BCUT2D eigenvalue weighted by atomic mass is 16.7. The summed E-state index contributed by atoms with van der Waals surface area (Å²) in [5.41, 5.74) is -3.58. The van der Waals surface area contributed by atoms with Crippen molar-refractivity contribution in [1.82, 2.24) is 0 Å². The van der Waals surface area contributed by atoms with Gasteiger partial charge in [0.25, 0.3) is 0 Å². The fraction of sp³-hybridized carbons (Fsp3) is 0.838. The molecule has 15 atom stereocenters. The van der Waals surface area contributed by atoms with E-state index in [-0.39, 0.29) is 17.8 Å². The molecule has 4 fully saturated rings. The van der Waals surface area contributed by atoms with Crippen molar-refractivity contribution < 1.29 is 59.5 Å². The van der Waals surface area contributed by atoms with Gasteiger partial charge in [-0.15, -0.1) is 0 Å². The molecule has 1 saturated heterocycles. The van der Waals surface area contributed by atoms with E-state index < -0.39 is 101 Å². The first kappa shape index (κ1) is 38.5. The quantitative estimate of drug-likeness (QED) is 0.110. The molecular formula is C37H58O12. The smallest absolute Gasteiger partial charge is 0.303 e. The molecule has 49 heavy (non-hydrogen) atoms. The van der Waals surface area contributed by atoms with E-state index in [9.17, 15) is 45.3 Å². The number of esters is 1. The van der Waals surface area contributed by atoms with Crippen molar-refractivity contribution in [2.24, 2.45) is 39.9 Å². The maximum absolute atomic E-state index is 13.6. The number of ketones is 1. The number of fused-ring (bicyclic) bond motifs is 5. The third-order valence-corrected chi connectivity index (χ3v) is 13.5. The van der Waals surface area contributed by atoms with Gasteiger partial charge >= 0.3 is 5.97 Å². The summed E-state index contributed by atoms with van der Waals surface area (Å²) in [6.07, 6.45) is -2.10. The van der Waals surface area contributed by atoms with Crippen LogP contribution in [-0.2, 0) is 23.8 Å². The average molecular weight is 695 g/mol. The van der Waals surface area contributed by atoms with E-state index in [2.05, 4.69) is 19.9 Å². The Balaban J connectivity index is 1.41. The van der Waals surface area contributed by atoms with Crippen LogP contribution in [0.1, 0.15) is 87.5 Å². The van der Waals surface area contributed by atoms with Gasteiger partial charge in [-0.3, -0.25) is 9.59 Å². The Morgan fingerprint density at radius 2 is 1.67 bits per heavy atom. The van der Waals surface area contributed by atoms with Crippen LogP contribution in [-0.4, -0.2) is 114 Å². The van der Waals surface area contributed by atoms with Crippen LogP contribution in [0.4, 0.5) is 0 Å². The molecule has 7 N–H and O–H groups in total. The largest absolute Gasteiger partial charge is 0.456 e. The van der Waals surface area contributed by atoms with Crippen LogP contribution in [0, 0.1) is 39.9 Å². The van der Waals surface area contributed by atoms with Crippen LogP contribution in [0.2, 0.25) is 0 Å². The first-order valence-electron chi connectivity index (χ1n) is 17.7. The Kier molecular flexibility index (Phi) is 10.2. The van der Waals surface area contributed by atoms with Crippen molar-refractivity contribution in [2.75, 3.05) is 6.61 Å². The monoisotopic (exact) mass is 694 g/mol. The lowest BCUT2D eigenvalue weighted by molar-refractivity contribution is -0.323. The number of hydrogen-bond donors (Lipinski definition) is 7. The van der Waals surface area contributed by atoms with E-state index >= 15 is 0 Å². The zero-order chi connectivity index (χ0) is 36.6. The van der Waals surface area contributed by atoms with Gasteiger partial charge in [0.15, 0.2) is 12.1 Å². The topological polar surface area (TPSA) is 203 Å². The Hall–Kier alpha value is -1.74. The van der Waals surface area contributed by atoms with Gasteiger partial charge in [-0.1, -0.05) is 39.3 Å². The SMILES string of the molecule is CC(=O)OC(C)(C)/C=C/C(=O)[C@](C)(O)[C@H]1[C@H](O)C[C@@]2(C)[C@@H]3CC=C4[C@@H](C[C@H](O[C@@H]5O[C@H](CO)[C@@H](O)[C@H](O)[C@H]5O)[C@H](O)C4(C)C)[C@H]3CC[C@]12C. The molecule has 1 aliphatic heterocycles. The Morgan fingerprint density at radius 1 is 1.02 bits per heavy atom. The molecule has 0 radical (unpaired) electrons. The molecule has 0 spiro atoms. The highest BCUT2D eigenvalue weighted by Gasteiger charge is 2.70. The van der Waals surface area contributed by atoms with Gasteiger partial charge in [0.05, 0.1) is 24.9 Å². The van der Waals surface area contributed by atoms with Crippen molar-refractivity contribution in [3.8, 4) is 0 Å². The van der Waals surface area contributed by atoms with Crippen LogP contribution >= 0.6 is 0 Å². The van der Waals surface area contributed by atoms with E-state index in [0.29, 0.717) is 25.7 Å². The molecule has 12 nitrogen and oxygen atoms in total. The van der Waals surface area contributed by atoms with E-state index in [1.807, 2.05) is 13.8 Å². The van der Waals surface area contributed by atoms with Gasteiger partial charge in [-0.05, 0) is 93.6 Å². The number of allylic oxidation sites excluding steroid dienone is 1. The third-order valence-electron chi connectivity index (χ3n) is 13.5. The maximum Gasteiger partial charge on any atom is 0.303 e. The van der Waals surface area contributed by atoms with Crippen LogP contribution in [0.5, 0.6) is 0 Å². The minimum absolute atomic E-state index is 0.0156. The third kappa shape index (κ3) is 6.27. The highest BCUT2D eigenvalue weighted by Crippen LogP contribution is 2.72. The van der Waals surface area contributed by atoms with E-state index in [1.165, 1.54) is 26.0 Å². The lowest BCUT2D eigenvalue weighted by Gasteiger charge is -2.62. The van der Waals surface area contributed by atoms with Crippen molar-refractivity contribution in [3.05, 3.63) is 23.8 Å². The molecule has 0 aromatic carbocycles. The van der Waals surface area contributed by atoms with Crippen LogP contribution in [0.15, 0.2) is 23.8 Å². The molecule has 0 unspecified atom stereocenters. The fourth-order valence-corrected chi connectivity index (χ4v) is 10.8. The zero-order valence-electron chi connectivity index (χ0n) is 30.1. The molecule has 1 heterocycles. The van der Waals surface area contributed by atoms with Crippen LogP contribution in [0.25, 0.3) is 0 Å². The molecule has 5 rings (SSSR count). The minimum Gasteiger partial charge on any atom is -0.456 e. The summed E-state index contributed by atoms with van der Waals surface area (Å²) in [5.74, 6) is -1.60. The summed E-state index contributed by atoms with van der Waals surface area (Å²) >= 11 is 0. The first-order chi connectivity index (χ1) is 22.5. The second-order valence-electron chi connectivity index (χ2n) is 17.2. The molecule has 0 amide bonds.